The highest BCUT2D eigenvalue weighted by Crippen LogP contribution is 2.42. The fraction of sp³-hybridized carbons (Fsp3) is 0.238. The molecule has 1 aromatic heterocycles. The van der Waals surface area contributed by atoms with Gasteiger partial charge in [-0.25, -0.2) is 0 Å². The molecule has 2 heterocycles. The van der Waals surface area contributed by atoms with Gasteiger partial charge < -0.3 is 4.57 Å². The van der Waals surface area contributed by atoms with E-state index in [9.17, 15) is 0 Å². The molecule has 0 unspecified atom stereocenters. The predicted octanol–water partition coefficient (Wildman–Crippen LogP) is 6.33. The minimum Gasteiger partial charge on any atom is -0.340 e. The summed E-state index contributed by atoms with van der Waals surface area (Å²) in [7, 11) is 0. The number of benzene rings is 3. The summed E-state index contributed by atoms with van der Waals surface area (Å²) in [4.78, 5) is 0. The number of nitrogens with zero attached hydrogens (tertiary/aromatic N) is 1. The summed E-state index contributed by atoms with van der Waals surface area (Å²) in [5.41, 5.74) is 4.06. The summed E-state index contributed by atoms with van der Waals surface area (Å²) in [5.74, 6) is 0. The van der Waals surface area contributed by atoms with Crippen LogP contribution in [0.3, 0.4) is 0 Å². The molecule has 0 spiro atoms. The molecule has 4 aromatic rings. The fourth-order valence-corrected chi connectivity index (χ4v) is 4.61. The monoisotopic (exact) mass is 319 g/mol. The second kappa shape index (κ2) is 5.01. The molecule has 0 N–H and O–H groups in total. The first-order valence-electron chi connectivity index (χ1n) is 8.46. The first kappa shape index (κ1) is 13.4. The topological polar surface area (TPSA) is 4.93 Å². The third kappa shape index (κ3) is 1.80. The Labute approximate surface area is 140 Å². The average Bonchev–Trinajstić information content (AvgIpc) is 2.88. The maximum atomic E-state index is 6.87. The highest BCUT2D eigenvalue weighted by Gasteiger charge is 2.21. The molecule has 0 amide bonds. The minimum absolute atomic E-state index is 0.957. The Bertz CT molecular complexity index is 1060. The van der Waals surface area contributed by atoms with Gasteiger partial charge in [0, 0.05) is 28.2 Å². The number of aromatic nitrogens is 1. The molecule has 1 aliphatic heterocycles. The fourth-order valence-electron chi connectivity index (χ4n) is 4.26. The lowest BCUT2D eigenvalue weighted by atomic mass is 9.96. The lowest BCUT2D eigenvalue weighted by molar-refractivity contribution is 0.595. The van der Waals surface area contributed by atoms with Crippen LogP contribution in [0.4, 0.5) is 0 Å². The maximum Gasteiger partial charge on any atom is 0.0545 e. The molecule has 0 atom stereocenters. The van der Waals surface area contributed by atoms with Crippen molar-refractivity contribution in [1.82, 2.24) is 4.57 Å². The van der Waals surface area contributed by atoms with Gasteiger partial charge in [0.15, 0.2) is 0 Å². The van der Waals surface area contributed by atoms with Crippen LogP contribution in [0.5, 0.6) is 0 Å². The van der Waals surface area contributed by atoms with Crippen LogP contribution >= 0.6 is 11.6 Å². The van der Waals surface area contributed by atoms with Gasteiger partial charge in [0.2, 0.25) is 0 Å². The molecule has 0 aliphatic carbocycles. The molecule has 1 aliphatic rings. The molecule has 114 valence electrons. The van der Waals surface area contributed by atoms with Gasteiger partial charge in [-0.15, -0.1) is 0 Å². The second-order valence-electron chi connectivity index (χ2n) is 6.54. The van der Waals surface area contributed by atoms with Gasteiger partial charge in [-0.1, -0.05) is 60.5 Å². The first-order chi connectivity index (χ1) is 11.4. The van der Waals surface area contributed by atoms with Gasteiger partial charge in [0.05, 0.1) is 10.5 Å². The van der Waals surface area contributed by atoms with Crippen LogP contribution in [-0.2, 0) is 13.0 Å². The zero-order chi connectivity index (χ0) is 15.4. The van der Waals surface area contributed by atoms with Crippen molar-refractivity contribution in [3.05, 3.63) is 59.1 Å². The Balaban J connectivity index is 2.13. The quantitative estimate of drug-likeness (QED) is 0.357. The smallest absolute Gasteiger partial charge is 0.0545 e. The zero-order valence-corrected chi connectivity index (χ0v) is 13.7. The van der Waals surface area contributed by atoms with E-state index in [4.69, 9.17) is 11.6 Å². The summed E-state index contributed by atoms with van der Waals surface area (Å²) in [6, 6.07) is 17.4. The summed E-state index contributed by atoms with van der Waals surface area (Å²) in [6.07, 6.45) is 4.83. The molecular weight excluding hydrogens is 302 g/mol. The van der Waals surface area contributed by atoms with Gasteiger partial charge in [0.1, 0.15) is 0 Å². The van der Waals surface area contributed by atoms with Gasteiger partial charge in [0.25, 0.3) is 0 Å². The maximum absolute atomic E-state index is 6.87. The number of hydrogen-bond acceptors (Lipinski definition) is 0. The Kier molecular flexibility index (Phi) is 2.93. The predicted molar refractivity (Wildman–Crippen MR) is 99.5 cm³/mol. The van der Waals surface area contributed by atoms with Gasteiger partial charge >= 0.3 is 0 Å². The molecule has 0 fully saturated rings. The SMILES string of the molecule is Clc1c2c3c(c4ccccc14)c1ccccc1n3CCCCC2. The third-order valence-corrected chi connectivity index (χ3v) is 5.69. The number of halogens is 1. The van der Waals surface area contributed by atoms with Crippen molar-refractivity contribution in [2.75, 3.05) is 0 Å². The number of fused-ring (bicyclic) bond motifs is 5. The van der Waals surface area contributed by atoms with Crippen LogP contribution in [0.25, 0.3) is 32.6 Å². The Hall–Kier alpha value is -1.99. The van der Waals surface area contributed by atoms with E-state index >= 15 is 0 Å². The molecule has 1 nitrogen and oxygen atoms in total. The summed E-state index contributed by atoms with van der Waals surface area (Å²) < 4.78 is 2.51. The number of aryl methyl sites for hydroxylation is 2. The van der Waals surface area contributed by atoms with Crippen molar-refractivity contribution < 1.29 is 0 Å². The van der Waals surface area contributed by atoms with Gasteiger partial charge in [-0.05, 0) is 36.3 Å². The second-order valence-corrected chi connectivity index (χ2v) is 6.92. The van der Waals surface area contributed by atoms with Crippen LogP contribution < -0.4 is 0 Å². The van der Waals surface area contributed by atoms with Crippen LogP contribution in [0.15, 0.2) is 48.5 Å². The molecule has 3 aromatic carbocycles. The lowest BCUT2D eigenvalue weighted by Gasteiger charge is -2.17. The number of rotatable bonds is 0. The summed E-state index contributed by atoms with van der Waals surface area (Å²) in [5, 5.41) is 6.18. The minimum atomic E-state index is 0.957. The molecule has 5 rings (SSSR count). The van der Waals surface area contributed by atoms with E-state index in [1.807, 2.05) is 0 Å². The van der Waals surface area contributed by atoms with E-state index in [-0.39, 0.29) is 0 Å². The lowest BCUT2D eigenvalue weighted by Crippen LogP contribution is -2.04. The van der Waals surface area contributed by atoms with Crippen molar-refractivity contribution in [2.24, 2.45) is 0 Å². The van der Waals surface area contributed by atoms with Crippen molar-refractivity contribution in [1.29, 1.82) is 0 Å². The molecule has 0 radical (unpaired) electrons. The van der Waals surface area contributed by atoms with Crippen LogP contribution in [0.1, 0.15) is 24.8 Å². The highest BCUT2D eigenvalue weighted by atomic mass is 35.5. The molecule has 0 bridgehead atoms. The van der Waals surface area contributed by atoms with E-state index < -0.39 is 0 Å². The van der Waals surface area contributed by atoms with Crippen molar-refractivity contribution in [3.8, 4) is 0 Å². The molecular formula is C21H18ClN. The Morgan fingerprint density at radius 1 is 0.783 bits per heavy atom. The number of hydrogen-bond donors (Lipinski definition) is 0. The van der Waals surface area contributed by atoms with Gasteiger partial charge in [-0.3, -0.25) is 0 Å². The third-order valence-electron chi connectivity index (χ3n) is 5.26. The van der Waals surface area contributed by atoms with E-state index in [1.165, 1.54) is 57.4 Å². The molecule has 23 heavy (non-hydrogen) atoms. The van der Waals surface area contributed by atoms with E-state index in [0.717, 1.165) is 18.0 Å². The standard InChI is InChI=1S/C21H18ClN/c22-20-15-9-4-3-8-14(15)19-16-10-5-6-12-18(16)23-13-7-1-2-11-17(20)21(19)23/h3-6,8-10,12H,1-2,7,11,13H2. The van der Waals surface area contributed by atoms with Crippen LogP contribution in [0.2, 0.25) is 5.02 Å². The average molecular weight is 320 g/mol. The zero-order valence-electron chi connectivity index (χ0n) is 13.0. The molecule has 2 heteroatoms. The largest absolute Gasteiger partial charge is 0.340 e. The van der Waals surface area contributed by atoms with E-state index in [2.05, 4.69) is 53.1 Å². The Morgan fingerprint density at radius 2 is 1.52 bits per heavy atom. The summed E-state index contributed by atoms with van der Waals surface area (Å²) in [6.45, 7) is 1.09. The van der Waals surface area contributed by atoms with Crippen molar-refractivity contribution >= 4 is 44.2 Å². The van der Waals surface area contributed by atoms with Crippen LogP contribution in [-0.4, -0.2) is 4.57 Å². The van der Waals surface area contributed by atoms with Crippen molar-refractivity contribution in [3.63, 3.8) is 0 Å². The highest BCUT2D eigenvalue weighted by molar-refractivity contribution is 6.40. The van der Waals surface area contributed by atoms with Gasteiger partial charge in [-0.2, -0.15) is 0 Å². The Morgan fingerprint density at radius 3 is 2.39 bits per heavy atom. The van der Waals surface area contributed by atoms with Crippen LogP contribution in [0, 0.1) is 0 Å². The molecule has 0 saturated carbocycles. The van der Waals surface area contributed by atoms with E-state index in [1.54, 1.807) is 0 Å². The summed E-state index contributed by atoms with van der Waals surface area (Å²) >= 11 is 6.87. The molecule has 0 saturated heterocycles. The van der Waals surface area contributed by atoms with E-state index in [0.29, 0.717) is 0 Å². The normalized spacial score (nSPS) is 15.2. The number of para-hydroxylation sites is 1. The van der Waals surface area contributed by atoms with Crippen molar-refractivity contribution in [2.45, 2.75) is 32.2 Å². The first-order valence-corrected chi connectivity index (χ1v) is 8.84.